The number of rotatable bonds is 4. The lowest BCUT2D eigenvalue weighted by Gasteiger charge is -2.09. The van der Waals surface area contributed by atoms with Crippen molar-refractivity contribution in [1.29, 1.82) is 0 Å². The fourth-order valence-corrected chi connectivity index (χ4v) is 2.42. The van der Waals surface area contributed by atoms with Crippen molar-refractivity contribution in [3.05, 3.63) is 21.9 Å². The molecule has 1 aromatic rings. The fraction of sp³-hybridized carbons (Fsp3) is 0.417. The first-order chi connectivity index (χ1) is 8.84. The van der Waals surface area contributed by atoms with Gasteiger partial charge in [0.25, 0.3) is 0 Å². The zero-order chi connectivity index (χ0) is 14.5. The number of nitrogens with one attached hydrogen (secondary N) is 1. The van der Waals surface area contributed by atoms with E-state index >= 15 is 0 Å². The van der Waals surface area contributed by atoms with Crippen LogP contribution in [0.4, 0.5) is 0 Å². The first-order valence-electron chi connectivity index (χ1n) is 5.48. The average Bonchev–Trinajstić information content (AvgIpc) is 2.79. The topological polar surface area (TPSA) is 83.5 Å². The van der Waals surface area contributed by atoms with Crippen molar-refractivity contribution in [2.75, 3.05) is 12.9 Å². The highest BCUT2D eigenvalue weighted by atomic mass is 32.2. The van der Waals surface area contributed by atoms with E-state index < -0.39 is 21.0 Å². The van der Waals surface area contributed by atoms with E-state index in [1.807, 2.05) is 5.38 Å². The normalized spacial score (nSPS) is 12.4. The summed E-state index contributed by atoms with van der Waals surface area (Å²) in [5, 5.41) is 11.9. The van der Waals surface area contributed by atoms with Crippen molar-refractivity contribution in [2.45, 2.75) is 18.7 Å². The number of thiophene rings is 1. The van der Waals surface area contributed by atoms with Gasteiger partial charge in [-0.15, -0.1) is 11.3 Å². The van der Waals surface area contributed by atoms with Crippen LogP contribution in [-0.4, -0.2) is 37.5 Å². The van der Waals surface area contributed by atoms with Gasteiger partial charge in [-0.25, -0.2) is 8.42 Å². The molecule has 0 aliphatic rings. The molecular weight excluding hydrogens is 286 g/mol. The average molecular weight is 301 g/mol. The number of carbonyl (C=O) groups excluding carboxylic acids is 1. The Balaban J connectivity index is 2.58. The molecule has 1 rings (SSSR count). The minimum atomic E-state index is -3.37. The van der Waals surface area contributed by atoms with Crippen LogP contribution in [0.1, 0.15) is 17.4 Å². The van der Waals surface area contributed by atoms with Crippen molar-refractivity contribution in [2.24, 2.45) is 0 Å². The molecule has 1 aromatic heterocycles. The molecule has 0 saturated carbocycles. The van der Waals surface area contributed by atoms with Gasteiger partial charge in [-0.05, 0) is 13.0 Å². The lowest BCUT2D eigenvalue weighted by atomic mass is 10.3. The molecule has 0 bridgehead atoms. The second-order valence-corrected chi connectivity index (χ2v) is 7.31. The molecule has 1 heterocycles. The Morgan fingerprint density at radius 1 is 1.58 bits per heavy atom. The summed E-state index contributed by atoms with van der Waals surface area (Å²) in [6.45, 7) is 1.43. The molecule has 2 N–H and O–H groups in total. The first kappa shape index (κ1) is 15.7. The van der Waals surface area contributed by atoms with Crippen LogP contribution in [0.15, 0.2) is 11.4 Å². The third kappa shape index (κ3) is 5.03. The van der Waals surface area contributed by atoms with Gasteiger partial charge in [-0.2, -0.15) is 0 Å². The Bertz CT molecular complexity index is 607. The highest BCUT2D eigenvalue weighted by Crippen LogP contribution is 2.13. The predicted molar refractivity (Wildman–Crippen MR) is 74.4 cm³/mol. The molecule has 1 unspecified atom stereocenters. The lowest BCUT2D eigenvalue weighted by Crippen LogP contribution is -2.36. The largest absolute Gasteiger partial charge is 0.384 e. The standard InChI is InChI=1S/C12H15NO4S2/c1-9(19(2,16)17)12(15)13-7-11-6-10(8-18-11)4-3-5-14/h6,8-9,14H,5,7H2,1-2H3,(H,13,15). The molecule has 0 saturated heterocycles. The van der Waals surface area contributed by atoms with Crippen molar-refractivity contribution in [3.63, 3.8) is 0 Å². The number of aliphatic hydroxyl groups is 1. The summed E-state index contributed by atoms with van der Waals surface area (Å²) in [6.07, 6.45) is 1.03. The minimum Gasteiger partial charge on any atom is -0.384 e. The van der Waals surface area contributed by atoms with Crippen LogP contribution in [0.2, 0.25) is 0 Å². The number of amides is 1. The van der Waals surface area contributed by atoms with Gasteiger partial charge in [0, 0.05) is 22.1 Å². The summed E-state index contributed by atoms with van der Waals surface area (Å²) in [5.41, 5.74) is 0.763. The summed E-state index contributed by atoms with van der Waals surface area (Å²) in [4.78, 5) is 12.5. The quantitative estimate of drug-likeness (QED) is 0.775. The molecule has 19 heavy (non-hydrogen) atoms. The summed E-state index contributed by atoms with van der Waals surface area (Å²) in [7, 11) is -3.37. The van der Waals surface area contributed by atoms with Gasteiger partial charge in [-0.3, -0.25) is 4.79 Å². The molecule has 0 aliphatic carbocycles. The van der Waals surface area contributed by atoms with Gasteiger partial charge in [0.15, 0.2) is 9.84 Å². The molecule has 0 radical (unpaired) electrons. The van der Waals surface area contributed by atoms with Gasteiger partial charge in [0.05, 0.1) is 6.54 Å². The zero-order valence-electron chi connectivity index (χ0n) is 10.6. The molecule has 0 fully saturated rings. The zero-order valence-corrected chi connectivity index (χ0v) is 12.3. The van der Waals surface area contributed by atoms with Gasteiger partial charge in [0.1, 0.15) is 11.9 Å². The summed E-state index contributed by atoms with van der Waals surface area (Å²) >= 11 is 1.41. The molecule has 1 amide bonds. The maximum atomic E-state index is 11.6. The van der Waals surface area contributed by atoms with Crippen molar-refractivity contribution in [1.82, 2.24) is 5.32 Å². The molecule has 0 aromatic carbocycles. The second-order valence-electron chi connectivity index (χ2n) is 3.95. The maximum absolute atomic E-state index is 11.6. The third-order valence-electron chi connectivity index (χ3n) is 2.41. The lowest BCUT2D eigenvalue weighted by molar-refractivity contribution is -0.120. The SMILES string of the molecule is CC(C(=O)NCc1cc(C#CCO)cs1)S(C)(=O)=O. The summed E-state index contributed by atoms with van der Waals surface area (Å²) < 4.78 is 22.4. The molecule has 0 spiro atoms. The van der Waals surface area contributed by atoms with Crippen LogP contribution < -0.4 is 5.32 Å². The molecule has 7 heteroatoms. The van der Waals surface area contributed by atoms with E-state index in [2.05, 4.69) is 17.2 Å². The number of carbonyl (C=O) groups is 1. The Morgan fingerprint density at radius 3 is 2.84 bits per heavy atom. The van der Waals surface area contributed by atoms with Crippen LogP contribution in [0.25, 0.3) is 0 Å². The molecule has 5 nitrogen and oxygen atoms in total. The van der Waals surface area contributed by atoms with Gasteiger partial charge < -0.3 is 10.4 Å². The van der Waals surface area contributed by atoms with Gasteiger partial charge in [0.2, 0.25) is 5.91 Å². The van der Waals surface area contributed by atoms with Crippen LogP contribution >= 0.6 is 11.3 Å². The summed E-state index contributed by atoms with van der Waals surface area (Å²) in [6, 6.07) is 1.79. The molecule has 1 atom stereocenters. The monoisotopic (exact) mass is 301 g/mol. The Labute approximate surface area is 116 Å². The van der Waals surface area contributed by atoms with E-state index in [1.165, 1.54) is 18.3 Å². The van der Waals surface area contributed by atoms with Crippen molar-refractivity contribution < 1.29 is 18.3 Å². The highest BCUT2D eigenvalue weighted by molar-refractivity contribution is 7.92. The van der Waals surface area contributed by atoms with Crippen LogP contribution in [0.5, 0.6) is 0 Å². The number of hydrogen-bond acceptors (Lipinski definition) is 5. The van der Waals surface area contributed by atoms with E-state index in [-0.39, 0.29) is 13.2 Å². The van der Waals surface area contributed by atoms with Gasteiger partial charge >= 0.3 is 0 Å². The maximum Gasteiger partial charge on any atom is 0.238 e. The molecule has 104 valence electrons. The number of sulfone groups is 1. The Kier molecular flexibility index (Phi) is 5.54. The van der Waals surface area contributed by atoms with E-state index in [0.29, 0.717) is 0 Å². The highest BCUT2D eigenvalue weighted by Gasteiger charge is 2.23. The summed E-state index contributed by atoms with van der Waals surface area (Å²) in [5.74, 6) is 4.76. The van der Waals surface area contributed by atoms with E-state index in [4.69, 9.17) is 5.11 Å². The number of hydrogen-bond donors (Lipinski definition) is 2. The van der Waals surface area contributed by atoms with Crippen LogP contribution in [-0.2, 0) is 21.2 Å². The smallest absolute Gasteiger partial charge is 0.238 e. The first-order valence-corrected chi connectivity index (χ1v) is 8.31. The Morgan fingerprint density at radius 2 is 2.26 bits per heavy atom. The van der Waals surface area contributed by atoms with Crippen LogP contribution in [0, 0.1) is 11.8 Å². The van der Waals surface area contributed by atoms with E-state index in [9.17, 15) is 13.2 Å². The molecular formula is C12H15NO4S2. The van der Waals surface area contributed by atoms with E-state index in [1.54, 1.807) is 6.07 Å². The number of aliphatic hydroxyl groups excluding tert-OH is 1. The van der Waals surface area contributed by atoms with Gasteiger partial charge in [-0.1, -0.05) is 11.8 Å². The Hall–Kier alpha value is -1.36. The predicted octanol–water partition coefficient (Wildman–Crippen LogP) is 0.141. The van der Waals surface area contributed by atoms with Crippen molar-refractivity contribution in [3.8, 4) is 11.8 Å². The van der Waals surface area contributed by atoms with Crippen molar-refractivity contribution >= 4 is 27.1 Å². The molecule has 0 aliphatic heterocycles. The van der Waals surface area contributed by atoms with Crippen LogP contribution in [0.3, 0.4) is 0 Å². The minimum absolute atomic E-state index is 0.201. The van der Waals surface area contributed by atoms with E-state index in [0.717, 1.165) is 16.7 Å². The fourth-order valence-electron chi connectivity index (χ4n) is 1.19. The third-order valence-corrected chi connectivity index (χ3v) is 4.85. The second kappa shape index (κ2) is 6.70.